The van der Waals surface area contributed by atoms with Crippen molar-refractivity contribution in [2.24, 2.45) is 23.7 Å². The molecule has 2 saturated carbocycles. The van der Waals surface area contributed by atoms with E-state index < -0.39 is 6.29 Å². The van der Waals surface area contributed by atoms with Crippen LogP contribution in [0.4, 0.5) is 0 Å². The molecule has 2 saturated heterocycles. The van der Waals surface area contributed by atoms with Gasteiger partial charge in [0.1, 0.15) is 0 Å². The van der Waals surface area contributed by atoms with Gasteiger partial charge in [0.05, 0.1) is 11.8 Å². The fraction of sp³-hybridized carbons (Fsp3) is 0.857. The minimum atomic E-state index is -0.418. The van der Waals surface area contributed by atoms with Crippen LogP contribution in [0.5, 0.6) is 0 Å². The first-order valence-corrected chi connectivity index (χ1v) is 7.42. The third-order valence-corrected chi connectivity index (χ3v) is 5.25. The van der Waals surface area contributed by atoms with Crippen molar-refractivity contribution in [2.45, 2.75) is 44.8 Å². The Kier molecular flexibility index (Phi) is 2.67. The molecule has 2 bridgehead atoms. The van der Waals surface area contributed by atoms with E-state index in [2.05, 4.69) is 0 Å². The largest absolute Gasteiger partial charge is 0.350 e. The lowest BCUT2D eigenvalue weighted by atomic mass is 9.81. The second-order valence-corrected chi connectivity index (χ2v) is 6.26. The zero-order chi connectivity index (χ0) is 13.0. The maximum Gasteiger partial charge on any atom is 0.257 e. The first kappa shape index (κ1) is 11.9. The van der Waals surface area contributed by atoms with Gasteiger partial charge in [0.15, 0.2) is 6.29 Å². The van der Waals surface area contributed by atoms with Crippen molar-refractivity contribution in [3.05, 3.63) is 0 Å². The van der Waals surface area contributed by atoms with Crippen LogP contribution in [0.3, 0.4) is 0 Å². The van der Waals surface area contributed by atoms with E-state index in [1.807, 2.05) is 0 Å². The summed E-state index contributed by atoms with van der Waals surface area (Å²) in [4.78, 5) is 30.3. The Morgan fingerprint density at radius 2 is 1.68 bits per heavy atom. The average molecular weight is 265 g/mol. The van der Waals surface area contributed by atoms with Crippen molar-refractivity contribution in [2.75, 3.05) is 6.61 Å². The standard InChI is InChI=1S/C14H19NO4/c16-13-11-8-4-5-9(7-8)12(11)14(17)15(13)19-10-3-1-2-6-18-10/h8-12H,1-7H2. The maximum absolute atomic E-state index is 12.4. The van der Waals surface area contributed by atoms with E-state index in [-0.39, 0.29) is 23.7 Å². The van der Waals surface area contributed by atoms with E-state index in [0.717, 1.165) is 43.6 Å². The average Bonchev–Trinajstić information content (AvgIpc) is 3.10. The highest BCUT2D eigenvalue weighted by molar-refractivity contribution is 6.04. The second-order valence-electron chi connectivity index (χ2n) is 6.26. The Morgan fingerprint density at radius 1 is 1.00 bits per heavy atom. The van der Waals surface area contributed by atoms with Gasteiger partial charge in [0.2, 0.25) is 0 Å². The number of rotatable bonds is 2. The SMILES string of the molecule is O=C1C2C3CCC(C3)C2C(=O)N1OC1CCCCO1. The van der Waals surface area contributed by atoms with Gasteiger partial charge in [-0.3, -0.25) is 9.59 Å². The number of imide groups is 1. The molecule has 4 rings (SSSR count). The van der Waals surface area contributed by atoms with Crippen LogP contribution in [0, 0.1) is 23.7 Å². The summed E-state index contributed by atoms with van der Waals surface area (Å²) in [6.45, 7) is 0.652. The molecular formula is C14H19NO4. The minimum Gasteiger partial charge on any atom is -0.350 e. The monoisotopic (exact) mass is 265 g/mol. The van der Waals surface area contributed by atoms with Crippen molar-refractivity contribution in [1.82, 2.24) is 5.06 Å². The molecule has 104 valence electrons. The van der Waals surface area contributed by atoms with E-state index in [1.165, 1.54) is 0 Å². The molecule has 0 radical (unpaired) electrons. The molecule has 2 amide bonds. The first-order valence-electron chi connectivity index (χ1n) is 7.42. The summed E-state index contributed by atoms with van der Waals surface area (Å²) in [6.07, 6.45) is 5.64. The molecule has 2 aliphatic carbocycles. The van der Waals surface area contributed by atoms with Gasteiger partial charge >= 0.3 is 0 Å². The van der Waals surface area contributed by atoms with Crippen LogP contribution in [-0.2, 0) is 19.2 Å². The molecular weight excluding hydrogens is 246 g/mol. The molecule has 0 aromatic rings. The quantitative estimate of drug-likeness (QED) is 0.710. The van der Waals surface area contributed by atoms with Gasteiger partial charge in [0, 0.05) is 13.0 Å². The molecule has 19 heavy (non-hydrogen) atoms. The predicted octanol–water partition coefficient (Wildman–Crippen LogP) is 1.48. The van der Waals surface area contributed by atoms with Crippen LogP contribution < -0.4 is 0 Å². The first-order chi connectivity index (χ1) is 9.25. The lowest BCUT2D eigenvalue weighted by molar-refractivity contribution is -0.268. The zero-order valence-corrected chi connectivity index (χ0v) is 10.9. The number of carbonyl (C=O) groups excluding carboxylic acids is 2. The highest BCUT2D eigenvalue weighted by Crippen LogP contribution is 2.56. The number of amides is 2. The van der Waals surface area contributed by atoms with Gasteiger partial charge in [-0.25, -0.2) is 4.84 Å². The molecule has 5 unspecified atom stereocenters. The molecule has 0 aromatic carbocycles. The molecule has 2 heterocycles. The Morgan fingerprint density at radius 3 is 2.26 bits per heavy atom. The Hall–Kier alpha value is -0.940. The molecule has 5 heteroatoms. The van der Waals surface area contributed by atoms with E-state index >= 15 is 0 Å². The van der Waals surface area contributed by atoms with E-state index in [1.54, 1.807) is 0 Å². The second kappa shape index (κ2) is 4.28. The van der Waals surface area contributed by atoms with Gasteiger partial charge in [-0.1, -0.05) is 0 Å². The summed E-state index contributed by atoms with van der Waals surface area (Å²) < 4.78 is 5.46. The highest BCUT2D eigenvalue weighted by atomic mass is 16.8. The molecule has 5 nitrogen and oxygen atoms in total. The number of hydrogen-bond acceptors (Lipinski definition) is 4. The van der Waals surface area contributed by atoms with Crippen LogP contribution in [0.15, 0.2) is 0 Å². The predicted molar refractivity (Wildman–Crippen MR) is 64.3 cm³/mol. The molecule has 0 spiro atoms. The summed E-state index contributed by atoms with van der Waals surface area (Å²) in [5.41, 5.74) is 0. The molecule has 0 aromatic heterocycles. The van der Waals surface area contributed by atoms with E-state index in [9.17, 15) is 9.59 Å². The lowest BCUT2D eigenvalue weighted by Gasteiger charge is -2.26. The molecule has 0 N–H and O–H groups in total. The topological polar surface area (TPSA) is 55.8 Å². The van der Waals surface area contributed by atoms with Crippen molar-refractivity contribution < 1.29 is 19.2 Å². The van der Waals surface area contributed by atoms with Crippen LogP contribution in [0.2, 0.25) is 0 Å². The van der Waals surface area contributed by atoms with Crippen molar-refractivity contribution in [1.29, 1.82) is 0 Å². The van der Waals surface area contributed by atoms with Crippen molar-refractivity contribution in [3.8, 4) is 0 Å². The summed E-state index contributed by atoms with van der Waals surface area (Å²) in [6, 6.07) is 0. The van der Waals surface area contributed by atoms with Gasteiger partial charge in [-0.15, -0.1) is 5.06 Å². The van der Waals surface area contributed by atoms with Crippen LogP contribution in [0.25, 0.3) is 0 Å². The Bertz CT molecular complexity index is 390. The highest BCUT2D eigenvalue weighted by Gasteiger charge is 2.61. The number of ether oxygens (including phenoxy) is 1. The number of hydroxylamine groups is 2. The van der Waals surface area contributed by atoms with Crippen molar-refractivity contribution in [3.63, 3.8) is 0 Å². The van der Waals surface area contributed by atoms with E-state index in [0.29, 0.717) is 18.4 Å². The third kappa shape index (κ3) is 1.68. The third-order valence-electron chi connectivity index (χ3n) is 5.25. The Balaban J connectivity index is 1.51. The number of carbonyl (C=O) groups is 2. The van der Waals surface area contributed by atoms with Gasteiger partial charge in [-0.2, -0.15) is 0 Å². The number of hydrogen-bond donors (Lipinski definition) is 0. The summed E-state index contributed by atoms with van der Waals surface area (Å²) in [7, 11) is 0. The summed E-state index contributed by atoms with van der Waals surface area (Å²) >= 11 is 0. The van der Waals surface area contributed by atoms with Crippen LogP contribution in [-0.4, -0.2) is 29.8 Å². The molecule has 2 aliphatic heterocycles. The van der Waals surface area contributed by atoms with Gasteiger partial charge in [0.25, 0.3) is 11.8 Å². The minimum absolute atomic E-state index is 0.102. The maximum atomic E-state index is 12.4. The normalized spacial score (nSPS) is 45.1. The zero-order valence-electron chi connectivity index (χ0n) is 10.9. The lowest BCUT2D eigenvalue weighted by Crippen LogP contribution is -2.38. The smallest absolute Gasteiger partial charge is 0.257 e. The molecule has 5 atom stereocenters. The number of fused-ring (bicyclic) bond motifs is 5. The summed E-state index contributed by atoms with van der Waals surface area (Å²) in [5, 5.41) is 1.04. The summed E-state index contributed by atoms with van der Waals surface area (Å²) in [5.74, 6) is 0.386. The molecule has 4 aliphatic rings. The van der Waals surface area contributed by atoms with E-state index in [4.69, 9.17) is 9.57 Å². The van der Waals surface area contributed by atoms with Crippen molar-refractivity contribution >= 4 is 11.8 Å². The fourth-order valence-electron chi connectivity index (χ4n) is 4.40. The number of nitrogens with zero attached hydrogens (tertiary/aromatic N) is 1. The van der Waals surface area contributed by atoms with Crippen LogP contribution >= 0.6 is 0 Å². The Labute approximate surface area is 112 Å². The molecule has 4 fully saturated rings. The van der Waals surface area contributed by atoms with Crippen LogP contribution in [0.1, 0.15) is 38.5 Å². The van der Waals surface area contributed by atoms with Gasteiger partial charge in [-0.05, 0) is 43.9 Å². The fourth-order valence-corrected chi connectivity index (χ4v) is 4.40. The van der Waals surface area contributed by atoms with Gasteiger partial charge < -0.3 is 4.74 Å².